The highest BCUT2D eigenvalue weighted by Gasteiger charge is 1.89. The summed E-state index contributed by atoms with van der Waals surface area (Å²) in [5.41, 5.74) is 0. The molecule has 0 saturated heterocycles. The van der Waals surface area contributed by atoms with Crippen molar-refractivity contribution in [1.29, 1.82) is 0 Å². The van der Waals surface area contributed by atoms with E-state index < -0.39 is 0 Å². The van der Waals surface area contributed by atoms with E-state index in [2.05, 4.69) is 0 Å². The lowest BCUT2D eigenvalue weighted by atomic mass is 10.6. The third kappa shape index (κ3) is 5.46. The first-order valence-electron chi connectivity index (χ1n) is 2.90. The van der Waals surface area contributed by atoms with Crippen molar-refractivity contribution in [2.24, 2.45) is 0 Å². The lowest BCUT2D eigenvalue weighted by molar-refractivity contribution is -0.126. The lowest BCUT2D eigenvalue weighted by Crippen LogP contribution is -2.18. The molecular weight excluding hydrogens is 121 g/mol. The van der Waals surface area contributed by atoms with Crippen molar-refractivity contribution >= 4 is 0 Å². The van der Waals surface area contributed by atoms with Crippen LogP contribution in [0.25, 0.3) is 0 Å². The monoisotopic (exact) mass is 133 g/mol. The van der Waals surface area contributed by atoms with Gasteiger partial charge in [-0.1, -0.05) is 0 Å². The summed E-state index contributed by atoms with van der Waals surface area (Å²) in [4.78, 5) is 4.96. The first kappa shape index (κ1) is 8.59. The van der Waals surface area contributed by atoms with Crippen LogP contribution >= 0.6 is 0 Å². The summed E-state index contributed by atoms with van der Waals surface area (Å²) in [6.07, 6.45) is 1.89. The average Bonchev–Trinajstić information content (AvgIpc) is 1.85. The van der Waals surface area contributed by atoms with Crippen LogP contribution in [-0.2, 0) is 4.84 Å². The molecule has 0 rings (SSSR count). The topological polar surface area (TPSA) is 12.5 Å². The maximum atomic E-state index is 11.3. The molecule has 0 aromatic carbocycles. The van der Waals surface area contributed by atoms with Gasteiger partial charge < -0.3 is 0 Å². The molecule has 0 fully saturated rings. The van der Waals surface area contributed by atoms with Gasteiger partial charge in [0.2, 0.25) is 0 Å². The Kier molecular flexibility index (Phi) is 5.46. The molecule has 2 nitrogen and oxygen atoms in total. The predicted octanol–water partition coefficient (Wildman–Crippen LogP) is 1.35. The van der Waals surface area contributed by atoms with E-state index in [4.69, 9.17) is 4.84 Å². The normalized spacial score (nSPS) is 11.6. The van der Waals surface area contributed by atoms with Gasteiger partial charge in [-0.15, -0.1) is 0 Å². The fourth-order valence-corrected chi connectivity index (χ4v) is 0.461. The van der Waals surface area contributed by atoms with Crippen LogP contribution in [0.3, 0.4) is 0 Å². The second-order valence-corrected chi connectivity index (χ2v) is 1.59. The number of hydroxylamine groups is 2. The molecular formula is C6H12FNO. The van der Waals surface area contributed by atoms with Crippen molar-refractivity contribution in [3.8, 4) is 0 Å². The summed E-state index contributed by atoms with van der Waals surface area (Å²) in [6.45, 7) is 3.00. The number of hydrogen-bond donors (Lipinski definition) is 0. The minimum absolute atomic E-state index is 0.490. The standard InChI is InChI=1S/C6H12FNO/c1-3-9-8(2)6-4-5-7/h4-5H,3,6H2,1-2H3. The van der Waals surface area contributed by atoms with Crippen molar-refractivity contribution in [1.82, 2.24) is 5.06 Å². The van der Waals surface area contributed by atoms with Crippen molar-refractivity contribution in [3.05, 3.63) is 12.4 Å². The number of hydrogen-bond acceptors (Lipinski definition) is 2. The van der Waals surface area contributed by atoms with Gasteiger partial charge in [-0.2, -0.15) is 5.06 Å². The smallest absolute Gasteiger partial charge is 0.0840 e. The van der Waals surface area contributed by atoms with Crippen molar-refractivity contribution in [2.45, 2.75) is 6.92 Å². The minimum Gasteiger partial charge on any atom is -0.299 e. The van der Waals surface area contributed by atoms with Crippen LogP contribution in [0, 0.1) is 0 Å². The van der Waals surface area contributed by atoms with E-state index >= 15 is 0 Å². The number of nitrogens with zero attached hydrogens (tertiary/aromatic N) is 1. The largest absolute Gasteiger partial charge is 0.299 e. The summed E-state index contributed by atoms with van der Waals surface area (Å²) in [5.74, 6) is 0. The second kappa shape index (κ2) is 5.72. The van der Waals surface area contributed by atoms with Gasteiger partial charge in [-0.05, 0) is 13.0 Å². The van der Waals surface area contributed by atoms with Gasteiger partial charge in [0.1, 0.15) is 0 Å². The number of halogens is 1. The first-order valence-corrected chi connectivity index (χ1v) is 2.90. The van der Waals surface area contributed by atoms with E-state index in [1.165, 1.54) is 6.08 Å². The molecule has 0 saturated carbocycles. The van der Waals surface area contributed by atoms with E-state index in [-0.39, 0.29) is 0 Å². The molecule has 54 valence electrons. The van der Waals surface area contributed by atoms with Gasteiger partial charge in [-0.25, -0.2) is 4.39 Å². The Morgan fingerprint density at radius 2 is 2.33 bits per heavy atom. The van der Waals surface area contributed by atoms with Crippen LogP contribution in [0.5, 0.6) is 0 Å². The highest BCUT2D eigenvalue weighted by molar-refractivity contribution is 4.73. The Labute approximate surface area is 54.9 Å². The van der Waals surface area contributed by atoms with E-state index in [0.29, 0.717) is 19.5 Å². The van der Waals surface area contributed by atoms with E-state index in [0.717, 1.165) is 0 Å². The van der Waals surface area contributed by atoms with Crippen molar-refractivity contribution in [2.75, 3.05) is 20.2 Å². The second-order valence-electron chi connectivity index (χ2n) is 1.59. The number of likely N-dealkylation sites (N-methyl/N-ethyl adjacent to an activating group) is 1. The summed E-state index contributed by atoms with van der Waals surface area (Å²) in [6, 6.07) is 0. The zero-order valence-corrected chi connectivity index (χ0v) is 5.80. The van der Waals surface area contributed by atoms with Gasteiger partial charge in [-0.3, -0.25) is 4.84 Å². The Bertz CT molecular complexity index is 85.1. The Hall–Kier alpha value is -0.410. The summed E-state index contributed by atoms with van der Waals surface area (Å²) in [5, 5.41) is 1.57. The van der Waals surface area contributed by atoms with Crippen LogP contribution < -0.4 is 0 Å². The quantitative estimate of drug-likeness (QED) is 0.537. The zero-order chi connectivity index (χ0) is 7.11. The molecule has 0 aliphatic carbocycles. The highest BCUT2D eigenvalue weighted by atomic mass is 19.1. The average molecular weight is 133 g/mol. The number of rotatable bonds is 4. The predicted molar refractivity (Wildman–Crippen MR) is 34.5 cm³/mol. The fourth-order valence-electron chi connectivity index (χ4n) is 0.461. The molecule has 0 aromatic rings. The van der Waals surface area contributed by atoms with Crippen molar-refractivity contribution in [3.63, 3.8) is 0 Å². The molecule has 0 aliphatic heterocycles. The lowest BCUT2D eigenvalue weighted by Gasteiger charge is -2.11. The van der Waals surface area contributed by atoms with E-state index in [1.807, 2.05) is 6.92 Å². The molecule has 0 bridgehead atoms. The van der Waals surface area contributed by atoms with E-state index in [9.17, 15) is 4.39 Å². The summed E-state index contributed by atoms with van der Waals surface area (Å²) < 4.78 is 11.3. The molecule has 0 spiro atoms. The van der Waals surface area contributed by atoms with Crippen LogP contribution in [0.4, 0.5) is 4.39 Å². The van der Waals surface area contributed by atoms with Crippen LogP contribution in [0.1, 0.15) is 6.92 Å². The SMILES string of the molecule is CCON(C)CC=CF. The van der Waals surface area contributed by atoms with Gasteiger partial charge in [0.25, 0.3) is 0 Å². The molecule has 0 atom stereocenters. The van der Waals surface area contributed by atoms with Gasteiger partial charge >= 0.3 is 0 Å². The molecule has 0 aliphatic rings. The molecule has 0 N–H and O–H groups in total. The Morgan fingerprint density at radius 1 is 1.67 bits per heavy atom. The van der Waals surface area contributed by atoms with Gasteiger partial charge in [0.05, 0.1) is 12.9 Å². The third-order valence-electron chi connectivity index (χ3n) is 0.801. The Morgan fingerprint density at radius 3 is 2.78 bits per heavy atom. The first-order chi connectivity index (χ1) is 4.31. The zero-order valence-electron chi connectivity index (χ0n) is 5.80. The fraction of sp³-hybridized carbons (Fsp3) is 0.667. The van der Waals surface area contributed by atoms with Crippen LogP contribution in [0.15, 0.2) is 12.4 Å². The Balaban J connectivity index is 3.15. The maximum Gasteiger partial charge on any atom is 0.0840 e. The highest BCUT2D eigenvalue weighted by Crippen LogP contribution is 1.84. The summed E-state index contributed by atoms with van der Waals surface area (Å²) >= 11 is 0. The maximum absolute atomic E-state index is 11.3. The van der Waals surface area contributed by atoms with E-state index in [1.54, 1.807) is 12.1 Å². The van der Waals surface area contributed by atoms with Crippen LogP contribution in [0.2, 0.25) is 0 Å². The molecule has 0 aromatic heterocycles. The molecule has 0 unspecified atom stereocenters. The molecule has 0 radical (unpaired) electrons. The van der Waals surface area contributed by atoms with Gasteiger partial charge in [0.15, 0.2) is 0 Å². The van der Waals surface area contributed by atoms with Crippen LogP contribution in [-0.4, -0.2) is 25.3 Å². The minimum atomic E-state index is 0.490. The summed E-state index contributed by atoms with van der Waals surface area (Å²) in [7, 11) is 1.75. The van der Waals surface area contributed by atoms with Crippen molar-refractivity contribution < 1.29 is 9.23 Å². The van der Waals surface area contributed by atoms with Gasteiger partial charge in [0, 0.05) is 13.6 Å². The molecule has 0 heterocycles. The molecule has 3 heteroatoms. The molecule has 9 heavy (non-hydrogen) atoms. The molecule has 0 amide bonds. The third-order valence-corrected chi connectivity index (χ3v) is 0.801.